The summed E-state index contributed by atoms with van der Waals surface area (Å²) in [5.41, 5.74) is 3.22. The standard InChI is InChI=1S/C27H24N4O3S/c1-3-27(19-7-5-4-6-8-19)25(33)31(26(34)30-27)16-23(32)28-20-12-10-18(11-13-20)24-29-21-14-9-17(2)15-22(21)35-24/h4-15H,3,16H2,1-2H3,(H,28,32)(H,30,34). The van der Waals surface area contributed by atoms with Crippen LogP contribution < -0.4 is 10.6 Å². The number of imide groups is 1. The van der Waals surface area contributed by atoms with Crippen molar-refractivity contribution >= 4 is 45.1 Å². The molecule has 1 aromatic heterocycles. The van der Waals surface area contributed by atoms with E-state index in [1.807, 2.05) is 49.4 Å². The first-order chi connectivity index (χ1) is 16.9. The van der Waals surface area contributed by atoms with Crippen LogP contribution in [0, 0.1) is 6.92 Å². The number of nitrogens with one attached hydrogen (secondary N) is 2. The highest BCUT2D eigenvalue weighted by Crippen LogP contribution is 2.33. The Kier molecular flexibility index (Phi) is 5.82. The SMILES string of the molecule is CCC1(c2ccccc2)NC(=O)N(CC(=O)Nc2ccc(-c3nc4ccc(C)cc4s3)cc2)C1=O. The Bertz CT molecular complexity index is 1430. The van der Waals surface area contributed by atoms with Crippen LogP contribution >= 0.6 is 11.3 Å². The maximum atomic E-state index is 13.2. The van der Waals surface area contributed by atoms with E-state index in [4.69, 9.17) is 0 Å². The van der Waals surface area contributed by atoms with Gasteiger partial charge in [0.05, 0.1) is 10.2 Å². The van der Waals surface area contributed by atoms with Crippen molar-refractivity contribution < 1.29 is 14.4 Å². The Morgan fingerprint density at radius 2 is 1.80 bits per heavy atom. The van der Waals surface area contributed by atoms with Crippen molar-refractivity contribution in [2.45, 2.75) is 25.8 Å². The molecular weight excluding hydrogens is 460 g/mol. The van der Waals surface area contributed by atoms with Gasteiger partial charge in [-0.15, -0.1) is 11.3 Å². The molecule has 4 aromatic rings. The molecule has 0 bridgehead atoms. The third-order valence-corrected chi connectivity index (χ3v) is 7.30. The zero-order valence-electron chi connectivity index (χ0n) is 19.4. The first kappa shape index (κ1) is 22.7. The summed E-state index contributed by atoms with van der Waals surface area (Å²) in [5.74, 6) is -0.871. The average Bonchev–Trinajstić information content (AvgIpc) is 3.39. The number of aryl methyl sites for hydroxylation is 1. The van der Waals surface area contributed by atoms with E-state index >= 15 is 0 Å². The zero-order chi connectivity index (χ0) is 24.6. The molecule has 8 heteroatoms. The number of carbonyl (C=O) groups is 3. The molecule has 0 saturated carbocycles. The number of hydrogen-bond acceptors (Lipinski definition) is 5. The molecule has 0 spiro atoms. The normalized spacial score (nSPS) is 17.6. The van der Waals surface area contributed by atoms with E-state index in [1.165, 1.54) is 5.56 Å². The quantitative estimate of drug-likeness (QED) is 0.374. The smallest absolute Gasteiger partial charge is 0.325 e. The van der Waals surface area contributed by atoms with E-state index in [-0.39, 0.29) is 6.54 Å². The van der Waals surface area contributed by atoms with E-state index in [0.717, 1.165) is 25.7 Å². The molecule has 0 aliphatic carbocycles. The first-order valence-electron chi connectivity index (χ1n) is 11.4. The van der Waals surface area contributed by atoms with Gasteiger partial charge >= 0.3 is 6.03 Å². The number of carbonyl (C=O) groups excluding carboxylic acids is 3. The third-order valence-electron chi connectivity index (χ3n) is 6.23. The van der Waals surface area contributed by atoms with Gasteiger partial charge in [0.15, 0.2) is 0 Å². The average molecular weight is 485 g/mol. The van der Waals surface area contributed by atoms with Gasteiger partial charge in [0.1, 0.15) is 17.1 Å². The number of urea groups is 1. The number of hydrogen-bond donors (Lipinski definition) is 2. The Hall–Kier alpha value is -4.04. The minimum absolute atomic E-state index is 0.363. The Labute approximate surface area is 206 Å². The van der Waals surface area contributed by atoms with Crippen LogP contribution in [0.5, 0.6) is 0 Å². The number of amides is 4. The molecule has 5 rings (SSSR count). The molecule has 1 atom stereocenters. The van der Waals surface area contributed by atoms with Crippen LogP contribution in [0.25, 0.3) is 20.8 Å². The molecule has 2 N–H and O–H groups in total. The van der Waals surface area contributed by atoms with Crippen LogP contribution in [0.15, 0.2) is 72.8 Å². The molecule has 1 aliphatic rings. The Morgan fingerprint density at radius 3 is 2.51 bits per heavy atom. The zero-order valence-corrected chi connectivity index (χ0v) is 20.2. The van der Waals surface area contributed by atoms with Gasteiger partial charge in [-0.05, 0) is 60.9 Å². The van der Waals surface area contributed by atoms with Gasteiger partial charge in [-0.1, -0.05) is 43.3 Å². The van der Waals surface area contributed by atoms with E-state index in [1.54, 1.807) is 35.6 Å². The molecular formula is C27H24N4O3S. The maximum absolute atomic E-state index is 13.2. The second kappa shape index (κ2) is 8.96. The van der Waals surface area contributed by atoms with Crippen LogP contribution in [0.3, 0.4) is 0 Å². The number of rotatable bonds is 6. The van der Waals surface area contributed by atoms with E-state index in [0.29, 0.717) is 17.7 Å². The predicted octanol–water partition coefficient (Wildman–Crippen LogP) is 5.07. The second-order valence-electron chi connectivity index (χ2n) is 8.56. The van der Waals surface area contributed by atoms with Crippen molar-refractivity contribution in [1.29, 1.82) is 0 Å². The predicted molar refractivity (Wildman–Crippen MR) is 137 cm³/mol. The lowest BCUT2D eigenvalue weighted by atomic mass is 9.87. The van der Waals surface area contributed by atoms with Crippen molar-refractivity contribution in [3.63, 3.8) is 0 Å². The summed E-state index contributed by atoms with van der Waals surface area (Å²) in [7, 11) is 0. The highest BCUT2D eigenvalue weighted by molar-refractivity contribution is 7.21. The first-order valence-corrected chi connectivity index (χ1v) is 12.2. The second-order valence-corrected chi connectivity index (χ2v) is 9.59. The fourth-order valence-electron chi connectivity index (χ4n) is 4.33. The van der Waals surface area contributed by atoms with E-state index in [2.05, 4.69) is 28.6 Å². The van der Waals surface area contributed by atoms with Crippen LogP contribution in [0.2, 0.25) is 0 Å². The monoisotopic (exact) mass is 484 g/mol. The van der Waals surface area contributed by atoms with Gasteiger partial charge in [0, 0.05) is 11.3 Å². The number of nitrogens with zero attached hydrogens (tertiary/aromatic N) is 2. The number of thiazole rings is 1. The van der Waals surface area contributed by atoms with Crippen LogP contribution in [0.1, 0.15) is 24.5 Å². The number of benzene rings is 3. The van der Waals surface area contributed by atoms with Crippen LogP contribution in [0.4, 0.5) is 10.5 Å². The van der Waals surface area contributed by atoms with Crippen molar-refractivity contribution in [3.8, 4) is 10.6 Å². The summed E-state index contributed by atoms with van der Waals surface area (Å²) in [4.78, 5) is 44.2. The lowest BCUT2D eigenvalue weighted by molar-refractivity contribution is -0.134. The lowest BCUT2D eigenvalue weighted by Crippen LogP contribution is -2.44. The van der Waals surface area contributed by atoms with Crippen molar-refractivity contribution in [2.75, 3.05) is 11.9 Å². The highest BCUT2D eigenvalue weighted by atomic mass is 32.1. The molecule has 2 heterocycles. The van der Waals surface area contributed by atoms with Gasteiger partial charge in [-0.25, -0.2) is 9.78 Å². The Balaban J connectivity index is 1.28. The van der Waals surface area contributed by atoms with Crippen molar-refractivity contribution in [2.24, 2.45) is 0 Å². The summed E-state index contributed by atoms with van der Waals surface area (Å²) >= 11 is 1.62. The molecule has 0 radical (unpaired) electrons. The fraction of sp³-hybridized carbons (Fsp3) is 0.185. The van der Waals surface area contributed by atoms with Gasteiger partial charge < -0.3 is 10.6 Å². The topological polar surface area (TPSA) is 91.4 Å². The lowest BCUT2D eigenvalue weighted by Gasteiger charge is -2.25. The van der Waals surface area contributed by atoms with E-state index in [9.17, 15) is 14.4 Å². The molecule has 176 valence electrons. The van der Waals surface area contributed by atoms with Gasteiger partial charge in [0.2, 0.25) is 5.91 Å². The van der Waals surface area contributed by atoms with Crippen LogP contribution in [-0.2, 0) is 15.1 Å². The van der Waals surface area contributed by atoms with Gasteiger partial charge in [-0.3, -0.25) is 14.5 Å². The molecule has 1 fully saturated rings. The number of fused-ring (bicyclic) bond motifs is 1. The third kappa shape index (κ3) is 4.17. The Morgan fingerprint density at radius 1 is 1.06 bits per heavy atom. The van der Waals surface area contributed by atoms with Crippen LogP contribution in [-0.4, -0.2) is 34.3 Å². The summed E-state index contributed by atoms with van der Waals surface area (Å²) < 4.78 is 1.13. The van der Waals surface area contributed by atoms with Crippen molar-refractivity contribution in [3.05, 3.63) is 83.9 Å². The number of anilines is 1. The molecule has 1 unspecified atom stereocenters. The summed E-state index contributed by atoms with van der Waals surface area (Å²) in [6, 6.07) is 22.1. The summed E-state index contributed by atoms with van der Waals surface area (Å²) in [6.07, 6.45) is 0.381. The minimum Gasteiger partial charge on any atom is -0.325 e. The maximum Gasteiger partial charge on any atom is 0.325 e. The van der Waals surface area contributed by atoms with E-state index < -0.39 is 23.4 Å². The molecule has 4 amide bonds. The fourth-order valence-corrected chi connectivity index (χ4v) is 5.40. The summed E-state index contributed by atoms with van der Waals surface area (Å²) in [5, 5.41) is 6.47. The number of aromatic nitrogens is 1. The minimum atomic E-state index is -1.16. The highest BCUT2D eigenvalue weighted by Gasteiger charge is 2.51. The van der Waals surface area contributed by atoms with Crippen molar-refractivity contribution in [1.82, 2.24) is 15.2 Å². The van der Waals surface area contributed by atoms with Gasteiger partial charge in [-0.2, -0.15) is 0 Å². The molecule has 7 nitrogen and oxygen atoms in total. The molecule has 1 saturated heterocycles. The molecule has 35 heavy (non-hydrogen) atoms. The summed E-state index contributed by atoms with van der Waals surface area (Å²) in [6.45, 7) is 3.53. The largest absolute Gasteiger partial charge is 0.325 e. The molecule has 1 aliphatic heterocycles. The molecule has 3 aromatic carbocycles. The van der Waals surface area contributed by atoms with Gasteiger partial charge in [0.25, 0.3) is 5.91 Å².